The Bertz CT molecular complexity index is 371. The summed E-state index contributed by atoms with van der Waals surface area (Å²) in [6, 6.07) is 0.414. The molecule has 1 aliphatic heterocycles. The fourth-order valence-corrected chi connectivity index (χ4v) is 2.95. The summed E-state index contributed by atoms with van der Waals surface area (Å²) < 4.78 is 36.7. The van der Waals surface area contributed by atoms with E-state index in [-0.39, 0.29) is 24.0 Å². The van der Waals surface area contributed by atoms with Gasteiger partial charge in [-0.2, -0.15) is 13.2 Å². The highest BCUT2D eigenvalue weighted by atomic mass is 127. The van der Waals surface area contributed by atoms with Crippen molar-refractivity contribution >= 4 is 29.9 Å². The summed E-state index contributed by atoms with van der Waals surface area (Å²) in [5.74, 6) is 0.738. The van der Waals surface area contributed by atoms with Crippen LogP contribution in [0.2, 0.25) is 0 Å². The van der Waals surface area contributed by atoms with E-state index in [1.165, 1.54) is 18.4 Å². The molecular weight excluding hydrogens is 446 g/mol. The molecular formula is C16H33F3IN5. The molecule has 0 amide bonds. The van der Waals surface area contributed by atoms with Crippen molar-refractivity contribution in [3.8, 4) is 0 Å². The van der Waals surface area contributed by atoms with Gasteiger partial charge < -0.3 is 15.5 Å². The number of rotatable bonds is 8. The van der Waals surface area contributed by atoms with Crippen molar-refractivity contribution in [3.63, 3.8) is 0 Å². The molecule has 0 unspecified atom stereocenters. The topological polar surface area (TPSA) is 42.9 Å². The predicted octanol–water partition coefficient (Wildman–Crippen LogP) is 2.53. The van der Waals surface area contributed by atoms with Crippen molar-refractivity contribution in [1.29, 1.82) is 0 Å². The Morgan fingerprint density at radius 3 is 2.44 bits per heavy atom. The highest BCUT2D eigenvalue weighted by Crippen LogP contribution is 2.15. The van der Waals surface area contributed by atoms with Gasteiger partial charge in [-0.25, -0.2) is 0 Å². The highest BCUT2D eigenvalue weighted by Gasteiger charge is 2.28. The van der Waals surface area contributed by atoms with Crippen molar-refractivity contribution in [2.45, 2.75) is 44.8 Å². The third-order valence-electron chi connectivity index (χ3n) is 4.15. The molecule has 1 heterocycles. The molecule has 25 heavy (non-hydrogen) atoms. The minimum atomic E-state index is -4.13. The van der Waals surface area contributed by atoms with Crippen molar-refractivity contribution in [3.05, 3.63) is 0 Å². The highest BCUT2D eigenvalue weighted by molar-refractivity contribution is 14.0. The fraction of sp³-hybridized carbons (Fsp3) is 0.938. The van der Waals surface area contributed by atoms with E-state index >= 15 is 0 Å². The number of hydrogen-bond donors (Lipinski definition) is 2. The van der Waals surface area contributed by atoms with Crippen LogP contribution in [0.4, 0.5) is 13.2 Å². The van der Waals surface area contributed by atoms with E-state index in [2.05, 4.69) is 27.4 Å². The summed E-state index contributed by atoms with van der Waals surface area (Å²) in [4.78, 5) is 7.97. The molecule has 0 aliphatic carbocycles. The number of hydrogen-bond acceptors (Lipinski definition) is 3. The summed E-state index contributed by atoms with van der Waals surface area (Å²) in [5.41, 5.74) is 0. The van der Waals surface area contributed by atoms with Crippen LogP contribution in [0.1, 0.15) is 32.6 Å². The van der Waals surface area contributed by atoms with E-state index in [9.17, 15) is 13.2 Å². The maximum Gasteiger partial charge on any atom is 0.401 e. The minimum Gasteiger partial charge on any atom is -0.356 e. The lowest BCUT2D eigenvalue weighted by molar-refractivity contribution is -0.143. The lowest BCUT2D eigenvalue weighted by Gasteiger charge is -2.32. The van der Waals surface area contributed by atoms with Gasteiger partial charge in [-0.3, -0.25) is 9.89 Å². The Hall–Kier alpha value is -0.290. The fourth-order valence-electron chi connectivity index (χ4n) is 2.95. The van der Waals surface area contributed by atoms with E-state index in [4.69, 9.17) is 0 Å². The van der Waals surface area contributed by atoms with Gasteiger partial charge in [0.05, 0.1) is 6.54 Å². The number of piperidine rings is 1. The average Bonchev–Trinajstić information content (AvgIpc) is 2.50. The molecule has 150 valence electrons. The van der Waals surface area contributed by atoms with Crippen LogP contribution in [0, 0.1) is 0 Å². The third-order valence-corrected chi connectivity index (χ3v) is 4.15. The van der Waals surface area contributed by atoms with E-state index in [0.717, 1.165) is 38.4 Å². The van der Waals surface area contributed by atoms with E-state index in [1.54, 1.807) is 7.05 Å². The standard InChI is InChI=1S/C16H32F3N5.HI/c1-4-9-24-11-6-14(7-12-24)22-15(20-2)21-8-5-10-23(3)13-16(17,18)19;/h14H,4-13H2,1-3H3,(H2,20,21,22);1H. The summed E-state index contributed by atoms with van der Waals surface area (Å²) in [5, 5.41) is 6.60. The Morgan fingerprint density at radius 1 is 1.28 bits per heavy atom. The SMILES string of the molecule is CCCN1CCC(NC(=NC)NCCCN(C)CC(F)(F)F)CC1.I. The summed E-state index contributed by atoms with van der Waals surface area (Å²) in [7, 11) is 3.21. The van der Waals surface area contributed by atoms with Crippen LogP contribution in [0.3, 0.4) is 0 Å². The molecule has 1 rings (SSSR count). The molecule has 1 saturated heterocycles. The van der Waals surface area contributed by atoms with Gasteiger partial charge in [0.2, 0.25) is 0 Å². The molecule has 0 aromatic heterocycles. The largest absolute Gasteiger partial charge is 0.401 e. The molecule has 5 nitrogen and oxygen atoms in total. The van der Waals surface area contributed by atoms with E-state index < -0.39 is 12.7 Å². The van der Waals surface area contributed by atoms with Gasteiger partial charge in [0.15, 0.2) is 5.96 Å². The van der Waals surface area contributed by atoms with Crippen LogP contribution >= 0.6 is 24.0 Å². The number of halogens is 4. The van der Waals surface area contributed by atoms with Crippen LogP contribution in [0.15, 0.2) is 4.99 Å². The Balaban J connectivity index is 0.00000576. The molecule has 2 N–H and O–H groups in total. The van der Waals surface area contributed by atoms with Crippen LogP contribution in [-0.4, -0.2) is 81.3 Å². The van der Waals surface area contributed by atoms with Crippen LogP contribution < -0.4 is 10.6 Å². The monoisotopic (exact) mass is 479 g/mol. The van der Waals surface area contributed by atoms with Crippen LogP contribution in [0.25, 0.3) is 0 Å². The first kappa shape index (κ1) is 24.7. The lowest BCUT2D eigenvalue weighted by atomic mass is 10.1. The first-order chi connectivity index (χ1) is 11.3. The zero-order chi connectivity index (χ0) is 18.0. The van der Waals surface area contributed by atoms with Gasteiger partial charge in [0.25, 0.3) is 0 Å². The maximum atomic E-state index is 12.2. The van der Waals surface area contributed by atoms with Gasteiger partial charge in [-0.15, -0.1) is 24.0 Å². The van der Waals surface area contributed by atoms with Gasteiger partial charge in [-0.1, -0.05) is 6.92 Å². The van der Waals surface area contributed by atoms with Gasteiger partial charge in [0.1, 0.15) is 0 Å². The van der Waals surface area contributed by atoms with Crippen molar-refractivity contribution in [2.75, 3.05) is 53.4 Å². The molecule has 1 fully saturated rings. The molecule has 0 aromatic carbocycles. The molecule has 0 atom stereocenters. The predicted molar refractivity (Wildman–Crippen MR) is 108 cm³/mol. The lowest BCUT2D eigenvalue weighted by Crippen LogP contribution is -2.49. The Morgan fingerprint density at radius 2 is 1.92 bits per heavy atom. The smallest absolute Gasteiger partial charge is 0.356 e. The van der Waals surface area contributed by atoms with E-state index in [0.29, 0.717) is 25.6 Å². The Kier molecular flexibility index (Phi) is 12.8. The molecule has 0 saturated carbocycles. The normalized spacial score (nSPS) is 17.5. The number of likely N-dealkylation sites (tertiary alicyclic amines) is 1. The minimum absolute atomic E-state index is 0. The van der Waals surface area contributed by atoms with Crippen molar-refractivity contribution < 1.29 is 13.2 Å². The zero-order valence-corrected chi connectivity index (χ0v) is 17.9. The van der Waals surface area contributed by atoms with Gasteiger partial charge in [0, 0.05) is 32.7 Å². The van der Waals surface area contributed by atoms with Crippen molar-refractivity contribution in [2.24, 2.45) is 4.99 Å². The zero-order valence-electron chi connectivity index (χ0n) is 15.5. The van der Waals surface area contributed by atoms with Crippen LogP contribution in [0.5, 0.6) is 0 Å². The van der Waals surface area contributed by atoms with Crippen LogP contribution in [-0.2, 0) is 0 Å². The second-order valence-electron chi connectivity index (χ2n) is 6.47. The molecule has 0 aromatic rings. The number of nitrogens with one attached hydrogen (secondary N) is 2. The maximum absolute atomic E-state index is 12.2. The first-order valence-electron chi connectivity index (χ1n) is 8.79. The summed E-state index contributed by atoms with van der Waals surface area (Å²) >= 11 is 0. The number of nitrogens with zero attached hydrogens (tertiary/aromatic N) is 3. The Labute approximate surface area is 166 Å². The molecule has 0 spiro atoms. The first-order valence-corrected chi connectivity index (χ1v) is 8.79. The second-order valence-corrected chi connectivity index (χ2v) is 6.47. The molecule has 0 bridgehead atoms. The molecule has 9 heteroatoms. The molecule has 0 radical (unpaired) electrons. The van der Waals surface area contributed by atoms with E-state index in [1.807, 2.05) is 0 Å². The van der Waals surface area contributed by atoms with Crippen molar-refractivity contribution in [1.82, 2.24) is 20.4 Å². The van der Waals surface area contributed by atoms with Gasteiger partial charge >= 0.3 is 6.18 Å². The summed E-state index contributed by atoms with van der Waals surface area (Å²) in [6.45, 7) is 5.70. The number of aliphatic imine (C=N–C) groups is 1. The third kappa shape index (κ3) is 11.8. The van der Waals surface area contributed by atoms with Gasteiger partial charge in [-0.05, 0) is 45.8 Å². The second kappa shape index (κ2) is 13.0. The average molecular weight is 479 g/mol. The quantitative estimate of drug-likeness (QED) is 0.243. The summed E-state index contributed by atoms with van der Waals surface area (Å²) in [6.07, 6.45) is -0.122. The number of alkyl halides is 3. The molecule has 1 aliphatic rings. The number of guanidine groups is 1.